The molecule has 0 amide bonds. The van der Waals surface area contributed by atoms with E-state index in [9.17, 15) is 13.2 Å². The van der Waals surface area contributed by atoms with Crippen molar-refractivity contribution in [3.05, 3.63) is 18.2 Å². The first-order valence-corrected chi connectivity index (χ1v) is 7.89. The molecule has 9 heteroatoms. The molecule has 2 rings (SSSR count). The Labute approximate surface area is 144 Å². The lowest BCUT2D eigenvalue weighted by atomic mass is 10.1. The number of hydrogen-bond donors (Lipinski definition) is 2. The zero-order valence-electron chi connectivity index (χ0n) is 14.3. The molecule has 140 valence electrons. The highest BCUT2D eigenvalue weighted by Crippen LogP contribution is 2.29. The average molecular weight is 360 g/mol. The summed E-state index contributed by atoms with van der Waals surface area (Å²) in [5.74, 6) is 1.44. The lowest BCUT2D eigenvalue weighted by Gasteiger charge is -2.17. The summed E-state index contributed by atoms with van der Waals surface area (Å²) in [7, 11) is 3.08. The second-order valence-corrected chi connectivity index (χ2v) is 5.93. The zero-order valence-corrected chi connectivity index (χ0v) is 14.3. The van der Waals surface area contributed by atoms with E-state index in [2.05, 4.69) is 10.3 Å². The SMILES string of the molecule is COc1ccc(NC(N)=NCC2CCN(CC(F)(F)F)C2)cc1OC. The van der Waals surface area contributed by atoms with E-state index in [0.717, 1.165) is 0 Å². The fourth-order valence-corrected chi connectivity index (χ4v) is 2.79. The van der Waals surface area contributed by atoms with E-state index in [1.807, 2.05) is 0 Å². The van der Waals surface area contributed by atoms with E-state index in [0.29, 0.717) is 43.2 Å². The Balaban J connectivity index is 1.86. The summed E-state index contributed by atoms with van der Waals surface area (Å²) in [6.45, 7) is 0.336. The third kappa shape index (κ3) is 6.00. The number of rotatable bonds is 6. The largest absolute Gasteiger partial charge is 0.493 e. The highest BCUT2D eigenvalue weighted by atomic mass is 19.4. The molecule has 6 nitrogen and oxygen atoms in total. The molecule has 0 aromatic heterocycles. The summed E-state index contributed by atoms with van der Waals surface area (Å²) in [6, 6.07) is 5.23. The van der Waals surface area contributed by atoms with Gasteiger partial charge < -0.3 is 20.5 Å². The number of alkyl halides is 3. The number of anilines is 1. The predicted molar refractivity (Wildman–Crippen MR) is 90.3 cm³/mol. The number of benzene rings is 1. The van der Waals surface area contributed by atoms with E-state index in [-0.39, 0.29) is 11.9 Å². The molecule has 1 unspecified atom stereocenters. The van der Waals surface area contributed by atoms with E-state index in [1.165, 1.54) is 12.0 Å². The van der Waals surface area contributed by atoms with Crippen LogP contribution in [0.1, 0.15) is 6.42 Å². The maximum atomic E-state index is 12.4. The molecule has 1 saturated heterocycles. The van der Waals surface area contributed by atoms with E-state index in [1.54, 1.807) is 25.3 Å². The summed E-state index contributed by atoms with van der Waals surface area (Å²) in [6.07, 6.45) is -3.48. The number of hydrogen-bond acceptors (Lipinski definition) is 4. The van der Waals surface area contributed by atoms with Gasteiger partial charge in [-0.3, -0.25) is 9.89 Å². The molecule has 25 heavy (non-hydrogen) atoms. The Morgan fingerprint density at radius 1 is 1.32 bits per heavy atom. The van der Waals surface area contributed by atoms with Gasteiger partial charge >= 0.3 is 6.18 Å². The van der Waals surface area contributed by atoms with Gasteiger partial charge in [-0.1, -0.05) is 0 Å². The maximum Gasteiger partial charge on any atom is 0.401 e. The first-order valence-electron chi connectivity index (χ1n) is 7.89. The van der Waals surface area contributed by atoms with Crippen LogP contribution in [0.15, 0.2) is 23.2 Å². The first-order chi connectivity index (χ1) is 11.8. The van der Waals surface area contributed by atoms with Crippen molar-refractivity contribution in [3.63, 3.8) is 0 Å². The lowest BCUT2D eigenvalue weighted by molar-refractivity contribution is -0.143. The molecular weight excluding hydrogens is 337 g/mol. The van der Waals surface area contributed by atoms with Gasteiger partial charge in [0.15, 0.2) is 17.5 Å². The number of ether oxygens (including phenoxy) is 2. The Morgan fingerprint density at radius 2 is 2.04 bits per heavy atom. The van der Waals surface area contributed by atoms with Crippen molar-refractivity contribution in [3.8, 4) is 11.5 Å². The van der Waals surface area contributed by atoms with Gasteiger partial charge in [0.1, 0.15) is 0 Å². The van der Waals surface area contributed by atoms with Crippen LogP contribution >= 0.6 is 0 Å². The number of likely N-dealkylation sites (tertiary alicyclic amines) is 1. The van der Waals surface area contributed by atoms with Gasteiger partial charge in [-0.2, -0.15) is 13.2 Å². The Morgan fingerprint density at radius 3 is 2.68 bits per heavy atom. The molecule has 1 aromatic rings. The van der Waals surface area contributed by atoms with Gasteiger partial charge in [0.05, 0.1) is 20.8 Å². The molecule has 1 aromatic carbocycles. The van der Waals surface area contributed by atoms with Crippen LogP contribution in [0, 0.1) is 5.92 Å². The predicted octanol–water partition coefficient (Wildman–Crippen LogP) is 2.31. The minimum Gasteiger partial charge on any atom is -0.493 e. The first kappa shape index (κ1) is 19.2. The van der Waals surface area contributed by atoms with Gasteiger partial charge in [-0.25, -0.2) is 0 Å². The van der Waals surface area contributed by atoms with Crippen molar-refractivity contribution in [1.82, 2.24) is 4.90 Å². The van der Waals surface area contributed by atoms with Crippen molar-refractivity contribution >= 4 is 11.6 Å². The monoisotopic (exact) mass is 360 g/mol. The van der Waals surface area contributed by atoms with Crippen LogP contribution < -0.4 is 20.5 Å². The van der Waals surface area contributed by atoms with Crippen LogP contribution in [0.2, 0.25) is 0 Å². The van der Waals surface area contributed by atoms with Gasteiger partial charge in [0, 0.05) is 24.8 Å². The third-order valence-electron chi connectivity index (χ3n) is 3.95. The Kier molecular flexibility index (Phi) is 6.35. The van der Waals surface area contributed by atoms with Crippen molar-refractivity contribution in [2.24, 2.45) is 16.6 Å². The fraction of sp³-hybridized carbons (Fsp3) is 0.562. The average Bonchev–Trinajstić information content (AvgIpc) is 2.98. The van der Waals surface area contributed by atoms with Crippen LogP contribution in [0.25, 0.3) is 0 Å². The molecule has 0 radical (unpaired) electrons. The smallest absolute Gasteiger partial charge is 0.401 e. The normalized spacial score (nSPS) is 19.1. The van der Waals surface area contributed by atoms with Gasteiger partial charge in [-0.05, 0) is 31.0 Å². The molecule has 1 atom stereocenters. The summed E-state index contributed by atoms with van der Waals surface area (Å²) in [5.41, 5.74) is 6.54. The number of aliphatic imine (C=N–C) groups is 1. The summed E-state index contributed by atoms with van der Waals surface area (Å²) < 4.78 is 47.5. The standard InChI is InChI=1S/C16H23F3N4O2/c1-24-13-4-3-12(7-14(13)25-2)22-15(20)21-8-11-5-6-23(9-11)10-16(17,18)19/h3-4,7,11H,5-6,8-10H2,1-2H3,(H3,20,21,22). The van der Waals surface area contributed by atoms with Crippen molar-refractivity contribution in [2.75, 3.05) is 45.7 Å². The molecule has 1 fully saturated rings. The topological polar surface area (TPSA) is 72.1 Å². The molecular formula is C16H23F3N4O2. The second kappa shape index (κ2) is 8.28. The quantitative estimate of drug-likeness (QED) is 0.602. The van der Waals surface area contributed by atoms with Crippen molar-refractivity contribution in [2.45, 2.75) is 12.6 Å². The maximum absolute atomic E-state index is 12.4. The molecule has 0 aliphatic carbocycles. The minimum atomic E-state index is -4.16. The van der Waals surface area contributed by atoms with E-state index < -0.39 is 12.7 Å². The fourth-order valence-electron chi connectivity index (χ4n) is 2.79. The van der Waals surface area contributed by atoms with E-state index in [4.69, 9.17) is 15.2 Å². The summed E-state index contributed by atoms with van der Waals surface area (Å²) in [4.78, 5) is 5.63. The highest BCUT2D eigenvalue weighted by molar-refractivity contribution is 5.92. The molecule has 0 bridgehead atoms. The Bertz CT molecular complexity index is 608. The number of guanidine groups is 1. The minimum absolute atomic E-state index is 0.0769. The molecule has 3 N–H and O–H groups in total. The van der Waals surface area contributed by atoms with Crippen LogP contribution in [-0.2, 0) is 0 Å². The van der Waals surface area contributed by atoms with Gasteiger partial charge in [0.2, 0.25) is 0 Å². The molecule has 1 heterocycles. The lowest BCUT2D eigenvalue weighted by Crippen LogP contribution is -2.32. The molecule has 1 aliphatic heterocycles. The van der Waals surface area contributed by atoms with E-state index >= 15 is 0 Å². The second-order valence-electron chi connectivity index (χ2n) is 5.93. The van der Waals surface area contributed by atoms with Crippen LogP contribution in [0.3, 0.4) is 0 Å². The molecule has 0 saturated carbocycles. The molecule has 0 spiro atoms. The zero-order chi connectivity index (χ0) is 18.4. The number of methoxy groups -OCH3 is 2. The molecule has 1 aliphatic rings. The Hall–Kier alpha value is -2.16. The summed E-state index contributed by atoms with van der Waals surface area (Å²) in [5, 5.41) is 2.94. The van der Waals surface area contributed by atoms with Gasteiger partial charge in [0.25, 0.3) is 0 Å². The van der Waals surface area contributed by atoms with Crippen molar-refractivity contribution in [1.29, 1.82) is 0 Å². The third-order valence-corrected chi connectivity index (χ3v) is 3.95. The number of nitrogens with two attached hydrogens (primary N) is 1. The van der Waals surface area contributed by atoms with Crippen LogP contribution in [0.4, 0.5) is 18.9 Å². The van der Waals surface area contributed by atoms with Crippen LogP contribution in [0.5, 0.6) is 11.5 Å². The number of nitrogens with one attached hydrogen (secondary N) is 1. The van der Waals surface area contributed by atoms with Gasteiger partial charge in [-0.15, -0.1) is 0 Å². The number of nitrogens with zero attached hydrogens (tertiary/aromatic N) is 2. The highest BCUT2D eigenvalue weighted by Gasteiger charge is 2.34. The van der Waals surface area contributed by atoms with Crippen molar-refractivity contribution < 1.29 is 22.6 Å². The number of halogens is 3. The summed E-state index contributed by atoms with van der Waals surface area (Å²) >= 11 is 0. The van der Waals surface area contributed by atoms with Crippen LogP contribution in [-0.4, -0.2) is 57.4 Å².